The van der Waals surface area contributed by atoms with Crippen LogP contribution in [-0.2, 0) is 4.79 Å². The average molecular weight is 506 g/mol. The molecule has 0 aliphatic carbocycles. The van der Waals surface area contributed by atoms with E-state index in [1.165, 1.54) is 5.56 Å². The van der Waals surface area contributed by atoms with Crippen LogP contribution in [0.25, 0.3) is 10.9 Å². The number of aliphatic carboxylic acids is 1. The maximum atomic E-state index is 11.7. The number of hydrogen-bond acceptors (Lipinski definition) is 6. The second-order valence-corrected chi connectivity index (χ2v) is 10.7. The number of pyridine rings is 1. The maximum Gasteiger partial charge on any atom is 0.303 e. The van der Waals surface area contributed by atoms with Crippen LogP contribution in [0.2, 0.25) is 0 Å². The lowest BCUT2D eigenvalue weighted by atomic mass is 9.79. The Bertz CT molecular complexity index is 1220. The van der Waals surface area contributed by atoms with Crippen LogP contribution in [0.15, 0.2) is 48.0 Å². The highest BCUT2D eigenvalue weighted by atomic mass is 32.1. The third-order valence-corrected chi connectivity index (χ3v) is 8.01. The number of ether oxygens (including phenoxy) is 1. The first kappa shape index (κ1) is 26.2. The molecule has 3 aromatic rings. The Morgan fingerprint density at radius 1 is 1.31 bits per heavy atom. The van der Waals surface area contributed by atoms with Gasteiger partial charge in [-0.05, 0) is 93.0 Å². The number of hydrogen-bond donors (Lipinski definition) is 1. The monoisotopic (exact) mass is 505 g/mol. The topological polar surface area (TPSA) is 65.9 Å². The largest absolute Gasteiger partial charge is 0.497 e. The Kier molecular flexibility index (Phi) is 8.98. The van der Waals surface area contributed by atoms with Crippen LogP contribution in [0.4, 0.5) is 0 Å². The quantitative estimate of drug-likeness (QED) is 0.406. The maximum absolute atomic E-state index is 11.7. The van der Waals surface area contributed by atoms with Crippen molar-refractivity contribution < 1.29 is 14.6 Å². The molecule has 6 nitrogen and oxygen atoms in total. The van der Waals surface area contributed by atoms with Crippen LogP contribution in [0.1, 0.15) is 42.2 Å². The molecule has 0 radical (unpaired) electrons. The zero-order valence-corrected chi connectivity index (χ0v) is 22.1. The Labute approximate surface area is 217 Å². The van der Waals surface area contributed by atoms with Gasteiger partial charge in [0.2, 0.25) is 0 Å². The van der Waals surface area contributed by atoms with E-state index in [0.717, 1.165) is 53.9 Å². The number of carboxylic acids is 1. The number of carbonyl (C=O) groups is 1. The fraction of sp³-hybridized carbons (Fsp3) is 0.448. The van der Waals surface area contributed by atoms with Gasteiger partial charge in [-0.1, -0.05) is 17.9 Å². The number of benzene rings is 1. The van der Waals surface area contributed by atoms with Crippen molar-refractivity contribution in [2.75, 3.05) is 40.8 Å². The van der Waals surface area contributed by atoms with Gasteiger partial charge in [-0.2, -0.15) is 0 Å². The Balaban J connectivity index is 1.46. The fourth-order valence-electron chi connectivity index (χ4n) is 5.35. The first-order valence-electron chi connectivity index (χ1n) is 12.5. The van der Waals surface area contributed by atoms with Crippen molar-refractivity contribution in [3.8, 4) is 17.6 Å². The minimum atomic E-state index is -0.715. The number of likely N-dealkylation sites (tertiary alicyclic amines) is 1. The third-order valence-electron chi connectivity index (χ3n) is 7.22. The molecule has 1 aliphatic rings. The smallest absolute Gasteiger partial charge is 0.303 e. The van der Waals surface area contributed by atoms with Crippen LogP contribution in [0, 0.1) is 23.7 Å². The van der Waals surface area contributed by atoms with Gasteiger partial charge in [-0.25, -0.2) is 0 Å². The van der Waals surface area contributed by atoms with E-state index in [1.54, 1.807) is 18.4 Å². The van der Waals surface area contributed by atoms with Gasteiger partial charge in [0.1, 0.15) is 5.75 Å². The van der Waals surface area contributed by atoms with Crippen molar-refractivity contribution in [1.29, 1.82) is 0 Å². The lowest BCUT2D eigenvalue weighted by molar-refractivity contribution is -0.139. The zero-order valence-electron chi connectivity index (χ0n) is 21.3. The van der Waals surface area contributed by atoms with Crippen LogP contribution >= 0.6 is 11.3 Å². The summed E-state index contributed by atoms with van der Waals surface area (Å²) < 4.78 is 5.47. The second-order valence-electron chi connectivity index (χ2n) is 9.76. The van der Waals surface area contributed by atoms with Crippen molar-refractivity contribution in [2.24, 2.45) is 11.8 Å². The number of fused-ring (bicyclic) bond motifs is 1. The zero-order chi connectivity index (χ0) is 25.5. The van der Waals surface area contributed by atoms with Crippen LogP contribution in [0.5, 0.6) is 5.75 Å². The van der Waals surface area contributed by atoms with Gasteiger partial charge in [-0.3, -0.25) is 14.7 Å². The highest BCUT2D eigenvalue weighted by molar-refractivity contribution is 7.10. The summed E-state index contributed by atoms with van der Waals surface area (Å²) in [6.45, 7) is 2.44. The molecule has 1 N–H and O–H groups in total. The molecule has 4 rings (SSSR count). The predicted octanol–water partition coefficient (Wildman–Crippen LogP) is 5.15. The van der Waals surface area contributed by atoms with E-state index in [4.69, 9.17) is 4.74 Å². The highest BCUT2D eigenvalue weighted by Crippen LogP contribution is 2.36. The van der Waals surface area contributed by atoms with Crippen LogP contribution < -0.4 is 4.74 Å². The van der Waals surface area contributed by atoms with Crippen molar-refractivity contribution >= 4 is 28.2 Å². The molecule has 3 atom stereocenters. The number of thiophene rings is 1. The molecule has 1 saturated heterocycles. The molecule has 0 amide bonds. The van der Waals surface area contributed by atoms with E-state index in [2.05, 4.69) is 52.9 Å². The summed E-state index contributed by atoms with van der Waals surface area (Å²) >= 11 is 1.65. The van der Waals surface area contributed by atoms with Crippen molar-refractivity contribution in [3.05, 3.63) is 58.4 Å². The molecule has 3 heterocycles. The van der Waals surface area contributed by atoms with Crippen molar-refractivity contribution in [1.82, 2.24) is 14.8 Å². The van der Waals surface area contributed by atoms with E-state index >= 15 is 0 Å². The van der Waals surface area contributed by atoms with Crippen molar-refractivity contribution in [3.63, 3.8) is 0 Å². The van der Waals surface area contributed by atoms with E-state index in [-0.39, 0.29) is 18.4 Å². The molecular weight excluding hydrogens is 470 g/mol. The predicted molar refractivity (Wildman–Crippen MR) is 145 cm³/mol. The molecule has 1 aliphatic heterocycles. The normalized spacial score (nSPS) is 19.1. The summed E-state index contributed by atoms with van der Waals surface area (Å²) in [5.74, 6) is 7.13. The number of rotatable bonds is 9. The third kappa shape index (κ3) is 6.64. The SMILES string of the molecule is COc1ccc2nccc([C@H](CC[C@@H]3CCN(CC#Cc4cccs4)C[C@@H]3CC(=O)O)N(C)C)c2c1. The van der Waals surface area contributed by atoms with Gasteiger partial charge in [0, 0.05) is 30.6 Å². The molecule has 0 unspecified atom stereocenters. The first-order chi connectivity index (χ1) is 17.4. The highest BCUT2D eigenvalue weighted by Gasteiger charge is 2.31. The van der Waals surface area contributed by atoms with Gasteiger partial charge < -0.3 is 14.7 Å². The molecule has 7 heteroatoms. The molecule has 1 aromatic carbocycles. The Hall–Kier alpha value is -2.92. The fourth-order valence-corrected chi connectivity index (χ4v) is 5.94. The molecule has 2 aromatic heterocycles. The van der Waals surface area contributed by atoms with E-state index < -0.39 is 5.97 Å². The minimum absolute atomic E-state index is 0.136. The molecule has 0 spiro atoms. The van der Waals surface area contributed by atoms with E-state index in [9.17, 15) is 9.90 Å². The molecular formula is C29H35N3O3S. The number of methoxy groups -OCH3 is 1. The first-order valence-corrected chi connectivity index (χ1v) is 13.4. The standard InChI is InChI=1S/C29H35N3O3S/c1-31(2)28(25-12-14-30-27-10-9-23(35-3)19-26(25)27)11-8-21-13-16-32(20-22(21)18-29(33)34)15-4-6-24-7-5-17-36-24/h5,7,9-10,12,14,17,19,21-22,28H,8,11,13,15-16,18,20H2,1-3H3,(H,33,34)/t21-,22+,28+/m1/s1. The average Bonchev–Trinajstić information content (AvgIpc) is 3.38. The molecule has 1 fully saturated rings. The Morgan fingerprint density at radius 3 is 2.89 bits per heavy atom. The number of aromatic nitrogens is 1. The number of nitrogens with zero attached hydrogens (tertiary/aromatic N) is 3. The van der Waals surface area contributed by atoms with E-state index in [1.807, 2.05) is 35.8 Å². The van der Waals surface area contributed by atoms with Gasteiger partial charge >= 0.3 is 5.97 Å². The van der Waals surface area contributed by atoms with Gasteiger partial charge in [0.15, 0.2) is 0 Å². The van der Waals surface area contributed by atoms with Crippen LogP contribution in [-0.4, -0.2) is 66.7 Å². The van der Waals surface area contributed by atoms with Crippen molar-refractivity contribution in [2.45, 2.75) is 31.7 Å². The minimum Gasteiger partial charge on any atom is -0.497 e. The van der Waals surface area contributed by atoms with Gasteiger partial charge in [0.25, 0.3) is 0 Å². The summed E-state index contributed by atoms with van der Waals surface area (Å²) in [7, 11) is 5.91. The lowest BCUT2D eigenvalue weighted by Gasteiger charge is -2.38. The summed E-state index contributed by atoms with van der Waals surface area (Å²) in [6, 6.07) is 12.4. The van der Waals surface area contributed by atoms with Crippen LogP contribution in [0.3, 0.4) is 0 Å². The Morgan fingerprint density at radius 2 is 2.17 bits per heavy atom. The summed E-state index contributed by atoms with van der Waals surface area (Å²) in [6.07, 6.45) is 5.04. The molecule has 0 bridgehead atoms. The second kappa shape index (κ2) is 12.4. The van der Waals surface area contributed by atoms with Gasteiger partial charge in [-0.15, -0.1) is 11.3 Å². The summed E-state index contributed by atoms with van der Waals surface area (Å²) in [4.78, 5) is 21.9. The lowest BCUT2D eigenvalue weighted by Crippen LogP contribution is -2.41. The molecule has 36 heavy (non-hydrogen) atoms. The number of carboxylic acid groups (broad SMARTS) is 1. The number of piperidine rings is 1. The molecule has 190 valence electrons. The molecule has 0 saturated carbocycles. The summed E-state index contributed by atoms with van der Waals surface area (Å²) in [5.41, 5.74) is 2.20. The van der Waals surface area contributed by atoms with E-state index in [0.29, 0.717) is 12.5 Å². The summed E-state index contributed by atoms with van der Waals surface area (Å²) in [5, 5.41) is 12.8. The van der Waals surface area contributed by atoms with Gasteiger partial charge in [0.05, 0.1) is 24.0 Å².